The van der Waals surface area contributed by atoms with Gasteiger partial charge < -0.3 is 10.6 Å². The summed E-state index contributed by atoms with van der Waals surface area (Å²) in [6, 6.07) is 10.2. The van der Waals surface area contributed by atoms with Gasteiger partial charge >= 0.3 is 0 Å². The number of likely N-dealkylation sites (tertiary alicyclic amines) is 1. The molecule has 6 nitrogen and oxygen atoms in total. The van der Waals surface area contributed by atoms with Crippen molar-refractivity contribution in [2.75, 3.05) is 13.1 Å². The monoisotopic (exact) mass is 285 g/mol. The molecule has 0 saturated carbocycles. The standard InChI is InChI=1S/C15H19N5O/c16-14-11-19(10-13(14)12-4-2-1-3-5-12)15(21)6-8-20-9-7-17-18-20/h1-5,7,9,13-14H,6,8,10-11,16H2/t13-,14+/m0/s1. The molecule has 1 aromatic carbocycles. The first-order chi connectivity index (χ1) is 10.2. The smallest absolute Gasteiger partial charge is 0.224 e. The Balaban J connectivity index is 1.59. The van der Waals surface area contributed by atoms with Crippen LogP contribution in [0, 0.1) is 0 Å². The molecule has 1 saturated heterocycles. The molecule has 0 aliphatic carbocycles. The van der Waals surface area contributed by atoms with Gasteiger partial charge in [-0.05, 0) is 5.56 Å². The zero-order chi connectivity index (χ0) is 14.7. The second-order valence-corrected chi connectivity index (χ2v) is 5.40. The van der Waals surface area contributed by atoms with E-state index in [1.54, 1.807) is 17.1 Å². The van der Waals surface area contributed by atoms with E-state index in [1.807, 2.05) is 23.1 Å². The number of hydrogen-bond donors (Lipinski definition) is 1. The number of rotatable bonds is 4. The number of nitrogens with two attached hydrogens (primary N) is 1. The van der Waals surface area contributed by atoms with Crippen molar-refractivity contribution < 1.29 is 4.79 Å². The number of carbonyl (C=O) groups is 1. The summed E-state index contributed by atoms with van der Waals surface area (Å²) in [4.78, 5) is 14.1. The maximum absolute atomic E-state index is 12.3. The quantitative estimate of drug-likeness (QED) is 0.893. The lowest BCUT2D eigenvalue weighted by Gasteiger charge is -2.16. The molecule has 6 heteroatoms. The van der Waals surface area contributed by atoms with Crippen LogP contribution in [0.5, 0.6) is 0 Å². The van der Waals surface area contributed by atoms with Gasteiger partial charge in [-0.2, -0.15) is 0 Å². The molecule has 3 rings (SSSR count). The first kappa shape index (κ1) is 13.8. The molecule has 2 aromatic rings. The van der Waals surface area contributed by atoms with Crippen LogP contribution in [-0.4, -0.2) is 44.9 Å². The summed E-state index contributed by atoms with van der Waals surface area (Å²) in [6.07, 6.45) is 3.80. The van der Waals surface area contributed by atoms with Crippen molar-refractivity contribution in [3.05, 3.63) is 48.3 Å². The molecule has 110 valence electrons. The van der Waals surface area contributed by atoms with Gasteiger partial charge in [0.05, 0.1) is 12.7 Å². The number of carbonyl (C=O) groups excluding carboxylic acids is 1. The van der Waals surface area contributed by atoms with Crippen molar-refractivity contribution in [1.82, 2.24) is 19.9 Å². The van der Waals surface area contributed by atoms with Gasteiger partial charge in [0.15, 0.2) is 0 Å². The van der Waals surface area contributed by atoms with Crippen molar-refractivity contribution in [3.8, 4) is 0 Å². The Morgan fingerprint density at radius 3 is 2.81 bits per heavy atom. The fourth-order valence-electron chi connectivity index (χ4n) is 2.81. The second kappa shape index (κ2) is 6.05. The highest BCUT2D eigenvalue weighted by Gasteiger charge is 2.33. The molecule has 1 aliphatic heterocycles. The van der Waals surface area contributed by atoms with Gasteiger partial charge in [-0.15, -0.1) is 5.10 Å². The number of hydrogen-bond acceptors (Lipinski definition) is 4. The van der Waals surface area contributed by atoms with Gasteiger partial charge in [0.2, 0.25) is 5.91 Å². The number of nitrogens with zero attached hydrogens (tertiary/aromatic N) is 4. The van der Waals surface area contributed by atoms with Gasteiger partial charge in [-0.1, -0.05) is 35.5 Å². The first-order valence-corrected chi connectivity index (χ1v) is 7.16. The van der Waals surface area contributed by atoms with Gasteiger partial charge in [-0.3, -0.25) is 9.48 Å². The van der Waals surface area contributed by atoms with E-state index in [2.05, 4.69) is 22.4 Å². The molecule has 2 heterocycles. The lowest BCUT2D eigenvalue weighted by atomic mass is 9.95. The predicted molar refractivity (Wildman–Crippen MR) is 78.4 cm³/mol. The highest BCUT2D eigenvalue weighted by atomic mass is 16.2. The van der Waals surface area contributed by atoms with Crippen LogP contribution in [0.3, 0.4) is 0 Å². The summed E-state index contributed by atoms with van der Waals surface area (Å²) in [6.45, 7) is 1.87. The Hall–Kier alpha value is -2.21. The number of aromatic nitrogens is 3. The van der Waals surface area contributed by atoms with E-state index >= 15 is 0 Å². The van der Waals surface area contributed by atoms with Gasteiger partial charge in [0.25, 0.3) is 0 Å². The van der Waals surface area contributed by atoms with E-state index < -0.39 is 0 Å². The molecule has 21 heavy (non-hydrogen) atoms. The lowest BCUT2D eigenvalue weighted by Crippen LogP contribution is -2.32. The number of amides is 1. The first-order valence-electron chi connectivity index (χ1n) is 7.16. The molecule has 2 N–H and O–H groups in total. The summed E-state index contributed by atoms with van der Waals surface area (Å²) in [7, 11) is 0. The zero-order valence-electron chi connectivity index (χ0n) is 11.8. The summed E-state index contributed by atoms with van der Waals surface area (Å²) >= 11 is 0. The van der Waals surface area contributed by atoms with Crippen molar-refractivity contribution in [2.45, 2.75) is 24.9 Å². The van der Waals surface area contributed by atoms with Crippen LogP contribution in [-0.2, 0) is 11.3 Å². The highest BCUT2D eigenvalue weighted by Crippen LogP contribution is 2.26. The molecule has 1 fully saturated rings. The Kier molecular flexibility index (Phi) is 3.96. The highest BCUT2D eigenvalue weighted by molar-refractivity contribution is 5.76. The largest absolute Gasteiger partial charge is 0.340 e. The fourth-order valence-corrected chi connectivity index (χ4v) is 2.81. The maximum atomic E-state index is 12.3. The van der Waals surface area contributed by atoms with Crippen molar-refractivity contribution in [1.29, 1.82) is 0 Å². The summed E-state index contributed by atoms with van der Waals surface area (Å²) in [5.74, 6) is 0.348. The van der Waals surface area contributed by atoms with Crippen LogP contribution in [0.4, 0.5) is 0 Å². The van der Waals surface area contributed by atoms with E-state index in [4.69, 9.17) is 5.73 Å². The Labute approximate surface area is 123 Å². The average Bonchev–Trinajstić information content (AvgIpc) is 3.15. The molecule has 0 radical (unpaired) electrons. The van der Waals surface area contributed by atoms with E-state index in [0.717, 1.165) is 0 Å². The molecule has 1 aliphatic rings. The van der Waals surface area contributed by atoms with Gasteiger partial charge in [-0.25, -0.2) is 0 Å². The third-order valence-electron chi connectivity index (χ3n) is 3.97. The van der Waals surface area contributed by atoms with Crippen molar-refractivity contribution >= 4 is 5.91 Å². The lowest BCUT2D eigenvalue weighted by molar-refractivity contribution is -0.130. The molecule has 2 atom stereocenters. The van der Waals surface area contributed by atoms with E-state index in [1.165, 1.54) is 5.56 Å². The molecule has 1 aromatic heterocycles. The van der Waals surface area contributed by atoms with Crippen LogP contribution < -0.4 is 5.73 Å². The summed E-state index contributed by atoms with van der Waals surface area (Å²) < 4.78 is 1.67. The Morgan fingerprint density at radius 2 is 2.10 bits per heavy atom. The van der Waals surface area contributed by atoms with E-state index in [0.29, 0.717) is 26.1 Å². The second-order valence-electron chi connectivity index (χ2n) is 5.40. The normalized spacial score (nSPS) is 21.7. The summed E-state index contributed by atoms with van der Waals surface area (Å²) in [5, 5.41) is 7.59. The Morgan fingerprint density at radius 1 is 1.29 bits per heavy atom. The van der Waals surface area contributed by atoms with Crippen LogP contribution >= 0.6 is 0 Å². The number of benzene rings is 1. The van der Waals surface area contributed by atoms with Crippen LogP contribution in [0.2, 0.25) is 0 Å². The molecular formula is C15H19N5O. The predicted octanol–water partition coefficient (Wildman–Crippen LogP) is 0.622. The van der Waals surface area contributed by atoms with Crippen molar-refractivity contribution in [2.24, 2.45) is 5.73 Å². The molecule has 0 bridgehead atoms. The van der Waals surface area contributed by atoms with Crippen LogP contribution in [0.15, 0.2) is 42.7 Å². The Bertz CT molecular complexity index is 583. The minimum atomic E-state index is 0.00252. The molecule has 1 amide bonds. The zero-order valence-corrected chi connectivity index (χ0v) is 11.8. The van der Waals surface area contributed by atoms with E-state index in [-0.39, 0.29) is 17.9 Å². The van der Waals surface area contributed by atoms with Crippen LogP contribution in [0.1, 0.15) is 17.9 Å². The molecule has 0 unspecified atom stereocenters. The van der Waals surface area contributed by atoms with Crippen molar-refractivity contribution in [3.63, 3.8) is 0 Å². The third-order valence-corrected chi connectivity index (χ3v) is 3.97. The third kappa shape index (κ3) is 3.11. The number of aryl methyl sites for hydroxylation is 1. The van der Waals surface area contributed by atoms with Gasteiger partial charge in [0, 0.05) is 37.7 Å². The molecular weight excluding hydrogens is 266 g/mol. The maximum Gasteiger partial charge on any atom is 0.224 e. The molecule has 0 spiro atoms. The summed E-state index contributed by atoms with van der Waals surface area (Å²) in [5.41, 5.74) is 7.41. The van der Waals surface area contributed by atoms with Crippen LogP contribution in [0.25, 0.3) is 0 Å². The minimum Gasteiger partial charge on any atom is -0.340 e. The topological polar surface area (TPSA) is 77.0 Å². The minimum absolute atomic E-state index is 0.00252. The van der Waals surface area contributed by atoms with E-state index in [9.17, 15) is 4.79 Å². The SMILES string of the molecule is N[C@@H]1CN(C(=O)CCn2ccnn2)C[C@H]1c1ccccc1. The van der Waals surface area contributed by atoms with Gasteiger partial charge in [0.1, 0.15) is 0 Å². The average molecular weight is 285 g/mol. The fraction of sp³-hybridized carbons (Fsp3) is 0.400.